The minimum absolute atomic E-state index is 0. The molecule has 0 aromatic heterocycles. The Bertz CT molecular complexity index is 349. The summed E-state index contributed by atoms with van der Waals surface area (Å²) in [6.45, 7) is 4.64. The zero-order valence-electron chi connectivity index (χ0n) is 11.6. The summed E-state index contributed by atoms with van der Waals surface area (Å²) in [5, 5.41) is 9.91. The molecular weight excluding hydrogens is 321 g/mol. The fourth-order valence-corrected chi connectivity index (χ4v) is 2.17. The van der Waals surface area contributed by atoms with Crippen LogP contribution in [0, 0.1) is 5.41 Å². The molecule has 1 heterocycles. The minimum atomic E-state index is -0.239. The second-order valence-electron chi connectivity index (χ2n) is 4.38. The Hall–Kier alpha value is -0.296. The van der Waals surface area contributed by atoms with Gasteiger partial charge in [0.1, 0.15) is 5.91 Å². The number of hydrogen-bond acceptors (Lipinski definition) is 5. The fourth-order valence-electron chi connectivity index (χ4n) is 2.17. The molecule has 1 radical (unpaired) electrons. The van der Waals surface area contributed by atoms with E-state index in [1.54, 1.807) is 11.9 Å². The van der Waals surface area contributed by atoms with E-state index in [4.69, 9.17) is 15.9 Å². The number of hydrogen-bond donors (Lipinski definition) is 3. The molecule has 3 unspecified atom stereocenters. The third-order valence-electron chi connectivity index (χ3n) is 3.00. The van der Waals surface area contributed by atoms with Crippen molar-refractivity contribution in [2.75, 3.05) is 20.1 Å². The predicted molar refractivity (Wildman–Crippen MR) is 69.4 cm³/mol. The number of nitrogens with zero attached hydrogens (tertiary/aromatic N) is 1. The van der Waals surface area contributed by atoms with Gasteiger partial charge in [0.2, 0.25) is 0 Å². The van der Waals surface area contributed by atoms with Gasteiger partial charge in [-0.2, -0.15) is 0 Å². The Labute approximate surface area is 139 Å². The molecule has 0 aliphatic carbocycles. The summed E-state index contributed by atoms with van der Waals surface area (Å²) in [6, 6.07) is -0.165. The molecule has 6 nitrogen and oxygen atoms in total. The Morgan fingerprint density at radius 1 is 1.63 bits per heavy atom. The standard InChI is InChI=1S/C12H21N4O2.Y/c1-8-7-16(11(5-14)9(2)18-8)12(17)10(4-13)6-15-3;/h6,8-9,11,13,15H,5,7,14H2,1-3H3;/q-1;/b10-6+;. The van der Waals surface area contributed by atoms with Crippen LogP contribution in [-0.2, 0) is 42.2 Å². The van der Waals surface area contributed by atoms with Crippen molar-refractivity contribution in [1.29, 1.82) is 5.41 Å². The Balaban J connectivity index is 0.00000324. The minimum Gasteiger partial charge on any atom is -0.444 e. The van der Waals surface area contributed by atoms with E-state index in [2.05, 4.69) is 11.5 Å². The van der Waals surface area contributed by atoms with E-state index < -0.39 is 0 Å². The quantitative estimate of drug-likeness (QED) is 0.368. The molecule has 0 spiro atoms. The van der Waals surface area contributed by atoms with Crippen molar-refractivity contribution in [1.82, 2.24) is 10.2 Å². The van der Waals surface area contributed by atoms with Crippen molar-refractivity contribution in [2.45, 2.75) is 32.1 Å². The number of amides is 1. The Morgan fingerprint density at radius 3 is 2.74 bits per heavy atom. The smallest absolute Gasteiger partial charge is 0.141 e. The molecule has 0 bridgehead atoms. The zero-order valence-corrected chi connectivity index (χ0v) is 14.5. The maximum absolute atomic E-state index is 12.3. The van der Waals surface area contributed by atoms with Crippen molar-refractivity contribution in [3.63, 3.8) is 0 Å². The van der Waals surface area contributed by atoms with Crippen LogP contribution in [-0.4, -0.2) is 55.4 Å². The summed E-state index contributed by atoms with van der Waals surface area (Å²) >= 11 is 0. The summed E-state index contributed by atoms with van der Waals surface area (Å²) in [7, 11) is 1.68. The molecule has 4 N–H and O–H groups in total. The SMILES string of the molecule is CN/C=C(\[C-]=N)C(=O)N1CC(C)OC(C)C1CN.[Y]. The van der Waals surface area contributed by atoms with Gasteiger partial charge in [-0.3, -0.25) is 0 Å². The Morgan fingerprint density at radius 2 is 2.26 bits per heavy atom. The van der Waals surface area contributed by atoms with E-state index in [0.29, 0.717) is 13.1 Å². The molecule has 1 aliphatic rings. The van der Waals surface area contributed by atoms with Gasteiger partial charge in [-0.05, 0) is 20.9 Å². The van der Waals surface area contributed by atoms with Crippen molar-refractivity contribution in [3.8, 4) is 0 Å². The molecule has 3 atom stereocenters. The van der Waals surface area contributed by atoms with Crippen molar-refractivity contribution in [2.24, 2.45) is 5.73 Å². The molecule has 1 fully saturated rings. The average Bonchev–Trinajstić information content (AvgIpc) is 2.34. The van der Waals surface area contributed by atoms with Crippen LogP contribution in [0.4, 0.5) is 0 Å². The number of nitrogens with one attached hydrogen (secondary N) is 2. The van der Waals surface area contributed by atoms with E-state index in [9.17, 15) is 4.79 Å². The van der Waals surface area contributed by atoms with E-state index in [1.165, 1.54) is 6.20 Å². The largest absolute Gasteiger partial charge is 0.444 e. The van der Waals surface area contributed by atoms with E-state index in [0.717, 1.165) is 0 Å². The van der Waals surface area contributed by atoms with Gasteiger partial charge in [-0.1, -0.05) is 18.0 Å². The second kappa shape index (κ2) is 8.79. The zero-order chi connectivity index (χ0) is 13.7. The molecule has 1 aliphatic heterocycles. The number of rotatable bonds is 4. The third-order valence-corrected chi connectivity index (χ3v) is 3.00. The summed E-state index contributed by atoms with van der Waals surface area (Å²) in [5.41, 5.74) is 5.90. The number of carbonyl (C=O) groups excluding carboxylic acids is 1. The third kappa shape index (κ3) is 4.63. The van der Waals surface area contributed by atoms with E-state index in [1.807, 2.05) is 13.8 Å². The van der Waals surface area contributed by atoms with Crippen LogP contribution < -0.4 is 11.1 Å². The first-order valence-electron chi connectivity index (χ1n) is 6.01. The maximum Gasteiger partial charge on any atom is 0.141 e. The van der Waals surface area contributed by atoms with Gasteiger partial charge in [-0.15, -0.1) is 0 Å². The van der Waals surface area contributed by atoms with Crippen LogP contribution >= 0.6 is 0 Å². The van der Waals surface area contributed by atoms with Crippen molar-refractivity contribution < 1.29 is 42.2 Å². The fraction of sp³-hybridized carbons (Fsp3) is 0.667. The van der Waals surface area contributed by atoms with Gasteiger partial charge in [0.05, 0.1) is 18.2 Å². The summed E-state index contributed by atoms with van der Waals surface area (Å²) in [4.78, 5) is 14.0. The average molecular weight is 342 g/mol. The Kier molecular flexibility index (Phi) is 8.65. The predicted octanol–water partition coefficient (Wildman–Crippen LogP) is -0.423. The number of ether oxygens (including phenoxy) is 1. The number of morpholine rings is 1. The van der Waals surface area contributed by atoms with Crippen LogP contribution in [0.3, 0.4) is 0 Å². The molecule has 1 rings (SSSR count). The summed E-state index contributed by atoms with van der Waals surface area (Å²) < 4.78 is 5.67. The molecule has 0 aromatic rings. The van der Waals surface area contributed by atoms with Gasteiger partial charge in [-0.25, -0.2) is 0 Å². The van der Waals surface area contributed by atoms with E-state index in [-0.39, 0.29) is 62.4 Å². The monoisotopic (exact) mass is 342 g/mol. The molecule has 105 valence electrons. The first-order valence-corrected chi connectivity index (χ1v) is 6.01. The van der Waals surface area contributed by atoms with Crippen LogP contribution in [0.2, 0.25) is 0 Å². The van der Waals surface area contributed by atoms with Gasteiger partial charge in [0.25, 0.3) is 0 Å². The van der Waals surface area contributed by atoms with Crippen LogP contribution in [0.5, 0.6) is 0 Å². The number of carbonyl (C=O) groups is 1. The molecule has 0 aromatic carbocycles. The molecule has 1 saturated heterocycles. The molecule has 19 heavy (non-hydrogen) atoms. The first-order chi connectivity index (χ1) is 8.54. The van der Waals surface area contributed by atoms with Crippen LogP contribution in [0.25, 0.3) is 0 Å². The topological polar surface area (TPSA) is 91.4 Å². The van der Waals surface area contributed by atoms with Gasteiger partial charge < -0.3 is 30.9 Å². The number of nitrogens with two attached hydrogens (primary N) is 1. The van der Waals surface area contributed by atoms with Gasteiger partial charge in [0.15, 0.2) is 0 Å². The summed E-state index contributed by atoms with van der Waals surface area (Å²) in [6.07, 6.45) is 3.47. The first kappa shape index (κ1) is 18.7. The van der Waals surface area contributed by atoms with Crippen LogP contribution in [0.15, 0.2) is 11.8 Å². The molecule has 7 heteroatoms. The van der Waals surface area contributed by atoms with Crippen molar-refractivity contribution in [3.05, 3.63) is 11.8 Å². The van der Waals surface area contributed by atoms with E-state index >= 15 is 0 Å². The molecule has 1 amide bonds. The maximum atomic E-state index is 12.3. The van der Waals surface area contributed by atoms with Crippen molar-refractivity contribution >= 4 is 12.1 Å². The second-order valence-corrected chi connectivity index (χ2v) is 4.38. The van der Waals surface area contributed by atoms with Gasteiger partial charge >= 0.3 is 0 Å². The normalized spacial score (nSPS) is 27.5. The van der Waals surface area contributed by atoms with Gasteiger partial charge in [0, 0.05) is 45.8 Å². The molecular formula is C12H21N4O2Y-. The summed E-state index contributed by atoms with van der Waals surface area (Å²) in [5.74, 6) is -0.239. The molecule has 0 saturated carbocycles. The van der Waals surface area contributed by atoms with Crippen LogP contribution in [0.1, 0.15) is 13.8 Å².